The maximum atomic E-state index is 12.3. The molecule has 1 aliphatic rings. The van der Waals surface area contributed by atoms with Gasteiger partial charge in [0.2, 0.25) is 0 Å². The molecule has 0 spiro atoms. The van der Waals surface area contributed by atoms with Crippen molar-refractivity contribution in [3.05, 3.63) is 35.4 Å². The summed E-state index contributed by atoms with van der Waals surface area (Å²) in [5.41, 5.74) is 2.34. The van der Waals surface area contributed by atoms with Gasteiger partial charge < -0.3 is 9.47 Å². The number of hydrogen-bond acceptors (Lipinski definition) is 4. The molecule has 5 nitrogen and oxygen atoms in total. The van der Waals surface area contributed by atoms with E-state index in [1.54, 1.807) is 11.0 Å². The minimum Gasteiger partial charge on any atom is -0.466 e. The van der Waals surface area contributed by atoms with E-state index in [1.807, 2.05) is 39.0 Å². The van der Waals surface area contributed by atoms with E-state index in [4.69, 9.17) is 4.74 Å². The molecule has 0 N–H and O–H groups in total. The number of benzene rings is 1. The van der Waals surface area contributed by atoms with Gasteiger partial charge in [0.05, 0.1) is 12.8 Å². The molecular formula is C18H23NO4. The van der Waals surface area contributed by atoms with Crippen molar-refractivity contribution in [2.45, 2.75) is 39.2 Å². The molecule has 0 saturated carbocycles. The maximum Gasteiger partial charge on any atom is 0.414 e. The van der Waals surface area contributed by atoms with Crippen LogP contribution in [-0.4, -0.2) is 31.3 Å². The Balaban J connectivity index is 2.21. The lowest BCUT2D eigenvalue weighted by Gasteiger charge is -2.31. The second kappa shape index (κ2) is 6.86. The van der Waals surface area contributed by atoms with Crippen LogP contribution >= 0.6 is 0 Å². The zero-order valence-electron chi connectivity index (χ0n) is 14.1. The van der Waals surface area contributed by atoms with Crippen molar-refractivity contribution in [2.75, 3.05) is 18.6 Å². The monoisotopic (exact) mass is 317 g/mol. The van der Waals surface area contributed by atoms with Gasteiger partial charge in [0.25, 0.3) is 0 Å². The standard InChI is InChI=1S/C18H23NO4/c1-18(2,3)23-17(21)19-11-5-6-14-12-13(7-9-15(14)19)8-10-16(20)22-4/h7-10,12H,5-6,11H2,1-4H3/b10-8+. The Kier molecular flexibility index (Phi) is 5.08. The number of nitrogens with zero attached hydrogens (tertiary/aromatic N) is 1. The van der Waals surface area contributed by atoms with Crippen LogP contribution in [0.4, 0.5) is 10.5 Å². The summed E-state index contributed by atoms with van der Waals surface area (Å²) in [5, 5.41) is 0. The molecule has 0 saturated heterocycles. The minimum atomic E-state index is -0.516. The summed E-state index contributed by atoms with van der Waals surface area (Å²) in [4.78, 5) is 25.2. The molecule has 0 radical (unpaired) electrons. The zero-order valence-corrected chi connectivity index (χ0v) is 14.1. The summed E-state index contributed by atoms with van der Waals surface area (Å²) < 4.78 is 10.1. The van der Waals surface area contributed by atoms with E-state index in [0.717, 1.165) is 29.7 Å². The lowest BCUT2D eigenvalue weighted by Crippen LogP contribution is -2.39. The molecule has 1 amide bonds. The summed E-state index contributed by atoms with van der Waals surface area (Å²) in [6.07, 6.45) is 4.55. The van der Waals surface area contributed by atoms with Crippen LogP contribution in [0.2, 0.25) is 0 Å². The highest BCUT2D eigenvalue weighted by atomic mass is 16.6. The lowest BCUT2D eigenvalue weighted by molar-refractivity contribution is -0.134. The van der Waals surface area contributed by atoms with E-state index >= 15 is 0 Å². The number of amides is 1. The van der Waals surface area contributed by atoms with Gasteiger partial charge in [0.15, 0.2) is 0 Å². The smallest absolute Gasteiger partial charge is 0.414 e. The lowest BCUT2D eigenvalue weighted by atomic mass is 9.99. The van der Waals surface area contributed by atoms with Crippen LogP contribution in [0.1, 0.15) is 38.3 Å². The highest BCUT2D eigenvalue weighted by Crippen LogP contribution is 2.29. The highest BCUT2D eigenvalue weighted by Gasteiger charge is 2.27. The summed E-state index contributed by atoms with van der Waals surface area (Å²) in [6.45, 7) is 6.22. The first-order chi connectivity index (χ1) is 10.8. The van der Waals surface area contributed by atoms with Gasteiger partial charge in [-0.2, -0.15) is 0 Å². The van der Waals surface area contributed by atoms with Crippen molar-refractivity contribution in [2.24, 2.45) is 0 Å². The van der Waals surface area contributed by atoms with E-state index in [1.165, 1.54) is 13.2 Å². The Hall–Kier alpha value is -2.30. The SMILES string of the molecule is COC(=O)/C=C/c1ccc2c(c1)CCCN2C(=O)OC(C)(C)C. The molecule has 0 atom stereocenters. The Morgan fingerprint density at radius 2 is 2.00 bits per heavy atom. The molecule has 2 rings (SSSR count). The predicted molar refractivity (Wildman–Crippen MR) is 89.4 cm³/mol. The van der Waals surface area contributed by atoms with Gasteiger partial charge in [0, 0.05) is 12.6 Å². The van der Waals surface area contributed by atoms with E-state index in [-0.39, 0.29) is 6.09 Å². The molecular weight excluding hydrogens is 294 g/mol. The third kappa shape index (κ3) is 4.58. The van der Waals surface area contributed by atoms with Crippen LogP contribution in [0, 0.1) is 0 Å². The molecule has 0 aliphatic carbocycles. The van der Waals surface area contributed by atoms with Gasteiger partial charge in [-0.25, -0.2) is 9.59 Å². The normalized spacial score (nSPS) is 14.5. The minimum absolute atomic E-state index is 0.323. The molecule has 1 aromatic carbocycles. The van der Waals surface area contributed by atoms with E-state index in [2.05, 4.69) is 4.74 Å². The Bertz CT molecular complexity index is 628. The summed E-state index contributed by atoms with van der Waals surface area (Å²) in [6, 6.07) is 5.77. The number of ether oxygens (including phenoxy) is 2. The first-order valence-electron chi connectivity index (χ1n) is 7.69. The third-order valence-electron chi connectivity index (χ3n) is 3.45. The highest BCUT2D eigenvalue weighted by molar-refractivity contribution is 5.90. The second-order valence-electron chi connectivity index (χ2n) is 6.48. The number of rotatable bonds is 2. The van der Waals surface area contributed by atoms with Crippen LogP contribution in [0.3, 0.4) is 0 Å². The van der Waals surface area contributed by atoms with Crippen molar-refractivity contribution in [1.82, 2.24) is 0 Å². The quantitative estimate of drug-likeness (QED) is 0.618. The zero-order chi connectivity index (χ0) is 17.0. The molecule has 1 aromatic rings. The topological polar surface area (TPSA) is 55.8 Å². The summed E-state index contributed by atoms with van der Waals surface area (Å²) in [5.74, 6) is -0.391. The van der Waals surface area contributed by atoms with E-state index < -0.39 is 11.6 Å². The number of methoxy groups -OCH3 is 1. The number of carbonyl (C=O) groups excluding carboxylic acids is 2. The van der Waals surface area contributed by atoms with E-state index in [0.29, 0.717) is 6.54 Å². The number of aryl methyl sites for hydroxylation is 1. The van der Waals surface area contributed by atoms with Crippen molar-refractivity contribution < 1.29 is 19.1 Å². The molecule has 0 fully saturated rings. The fourth-order valence-electron chi connectivity index (χ4n) is 2.46. The maximum absolute atomic E-state index is 12.3. The van der Waals surface area contributed by atoms with Crippen molar-refractivity contribution in [3.8, 4) is 0 Å². The van der Waals surface area contributed by atoms with Gasteiger partial charge in [-0.1, -0.05) is 6.07 Å². The number of fused-ring (bicyclic) bond motifs is 1. The number of hydrogen-bond donors (Lipinski definition) is 0. The van der Waals surface area contributed by atoms with E-state index in [9.17, 15) is 9.59 Å². The van der Waals surface area contributed by atoms with Crippen LogP contribution in [0.25, 0.3) is 6.08 Å². The first kappa shape index (κ1) is 17.1. The number of carbonyl (C=O) groups is 2. The fourth-order valence-corrected chi connectivity index (χ4v) is 2.46. The molecule has 1 aliphatic heterocycles. The van der Waals surface area contributed by atoms with Gasteiger partial charge in [-0.3, -0.25) is 4.90 Å². The van der Waals surface area contributed by atoms with Crippen LogP contribution in [0.15, 0.2) is 24.3 Å². The Morgan fingerprint density at radius 1 is 1.26 bits per heavy atom. The molecule has 23 heavy (non-hydrogen) atoms. The molecule has 124 valence electrons. The first-order valence-corrected chi connectivity index (χ1v) is 7.69. The van der Waals surface area contributed by atoms with Crippen LogP contribution in [0.5, 0.6) is 0 Å². The Morgan fingerprint density at radius 3 is 2.65 bits per heavy atom. The van der Waals surface area contributed by atoms with Crippen LogP contribution in [-0.2, 0) is 20.7 Å². The Labute approximate surface area is 136 Å². The average Bonchev–Trinajstić information content (AvgIpc) is 2.49. The fraction of sp³-hybridized carbons (Fsp3) is 0.444. The van der Waals surface area contributed by atoms with Gasteiger partial charge >= 0.3 is 12.1 Å². The van der Waals surface area contributed by atoms with Gasteiger partial charge in [-0.15, -0.1) is 0 Å². The van der Waals surface area contributed by atoms with Crippen LogP contribution < -0.4 is 4.90 Å². The third-order valence-corrected chi connectivity index (χ3v) is 3.45. The van der Waals surface area contributed by atoms with Gasteiger partial charge in [-0.05, 0) is 62.9 Å². The largest absolute Gasteiger partial charge is 0.466 e. The molecule has 1 heterocycles. The summed E-state index contributed by atoms with van der Waals surface area (Å²) in [7, 11) is 1.35. The molecule has 0 bridgehead atoms. The average molecular weight is 317 g/mol. The second-order valence-corrected chi connectivity index (χ2v) is 6.48. The predicted octanol–water partition coefficient (Wildman–Crippen LogP) is 3.56. The number of esters is 1. The molecule has 0 unspecified atom stereocenters. The summed E-state index contributed by atoms with van der Waals surface area (Å²) >= 11 is 0. The molecule has 0 aromatic heterocycles. The van der Waals surface area contributed by atoms with Crippen molar-refractivity contribution in [3.63, 3.8) is 0 Å². The molecule has 5 heteroatoms. The van der Waals surface area contributed by atoms with Gasteiger partial charge in [0.1, 0.15) is 5.60 Å². The van der Waals surface area contributed by atoms with Crippen molar-refractivity contribution >= 4 is 23.8 Å². The van der Waals surface area contributed by atoms with Crippen molar-refractivity contribution in [1.29, 1.82) is 0 Å². The number of anilines is 1.